The maximum atomic E-state index is 12.8. The molecule has 3 saturated carbocycles. The molecule has 21 heavy (non-hydrogen) atoms. The van der Waals surface area contributed by atoms with Crippen LogP contribution in [-0.2, 0) is 24.2 Å². The minimum Gasteiger partial charge on any atom is -0.299 e. The first kappa shape index (κ1) is 14.0. The summed E-state index contributed by atoms with van der Waals surface area (Å²) < 4.78 is 3.07. The molecule has 0 amide bonds. The lowest BCUT2D eigenvalue weighted by Gasteiger charge is -2.09. The lowest BCUT2D eigenvalue weighted by molar-refractivity contribution is -0.120. The Morgan fingerprint density at radius 1 is 1.29 bits per heavy atom. The number of carbonyl (C=O) groups is 1. The summed E-state index contributed by atoms with van der Waals surface area (Å²) in [4.78, 5) is 12.8. The molecule has 114 valence electrons. The Labute approximate surface area is 134 Å². The molecule has 0 radical (unpaired) electrons. The highest BCUT2D eigenvalue weighted by Gasteiger charge is 2.66. The molecule has 4 unspecified atom stereocenters. The van der Waals surface area contributed by atoms with Crippen molar-refractivity contribution >= 4 is 21.7 Å². The number of carbonyl (C=O) groups excluding carboxylic acids is 1. The summed E-state index contributed by atoms with van der Waals surface area (Å²) in [5, 5.41) is 4.61. The van der Waals surface area contributed by atoms with Crippen LogP contribution in [0.1, 0.15) is 44.5 Å². The third-order valence-corrected chi connectivity index (χ3v) is 7.06. The second-order valence-corrected chi connectivity index (χ2v) is 7.83. The van der Waals surface area contributed by atoms with Crippen LogP contribution < -0.4 is 0 Å². The fourth-order valence-corrected chi connectivity index (χ4v) is 5.93. The number of hydrogen-bond acceptors (Lipinski definition) is 2. The van der Waals surface area contributed by atoms with E-state index in [0.717, 1.165) is 52.5 Å². The lowest BCUT2D eigenvalue weighted by atomic mass is 9.97. The second-order valence-electron chi connectivity index (χ2n) is 7.03. The highest BCUT2D eigenvalue weighted by Crippen LogP contribution is 2.69. The average molecular weight is 351 g/mol. The molecule has 1 heterocycles. The van der Waals surface area contributed by atoms with Crippen LogP contribution >= 0.6 is 15.9 Å². The molecule has 0 saturated heterocycles. The number of nitrogens with zero attached hydrogens (tertiary/aromatic N) is 2. The Morgan fingerprint density at radius 3 is 2.52 bits per heavy atom. The van der Waals surface area contributed by atoms with E-state index in [1.165, 1.54) is 19.3 Å². The molecule has 3 nitrogen and oxygen atoms in total. The first-order chi connectivity index (χ1) is 10.2. The summed E-state index contributed by atoms with van der Waals surface area (Å²) in [6, 6.07) is 0. The van der Waals surface area contributed by atoms with Crippen molar-refractivity contribution in [2.24, 2.45) is 29.6 Å². The van der Waals surface area contributed by atoms with Gasteiger partial charge < -0.3 is 0 Å². The summed E-state index contributed by atoms with van der Waals surface area (Å²) in [7, 11) is 0. The largest absolute Gasteiger partial charge is 0.299 e. The van der Waals surface area contributed by atoms with Gasteiger partial charge in [-0.3, -0.25) is 9.48 Å². The van der Waals surface area contributed by atoms with Crippen molar-refractivity contribution in [1.29, 1.82) is 0 Å². The van der Waals surface area contributed by atoms with Crippen molar-refractivity contribution in [3.63, 3.8) is 0 Å². The van der Waals surface area contributed by atoms with E-state index < -0.39 is 0 Å². The Morgan fingerprint density at radius 2 is 1.95 bits per heavy atom. The molecule has 4 rings (SSSR count). The molecule has 4 heteroatoms. The highest BCUT2D eigenvalue weighted by molar-refractivity contribution is 9.10. The van der Waals surface area contributed by atoms with Crippen molar-refractivity contribution in [1.82, 2.24) is 9.78 Å². The minimum absolute atomic E-state index is 0.383. The number of halogens is 1. The Bertz CT molecular complexity index is 578. The van der Waals surface area contributed by atoms with Crippen molar-refractivity contribution in [2.75, 3.05) is 0 Å². The number of rotatable bonds is 5. The van der Waals surface area contributed by atoms with Gasteiger partial charge in [-0.2, -0.15) is 5.10 Å². The molecular formula is C17H23BrN2O. The van der Waals surface area contributed by atoms with Crippen LogP contribution in [0.15, 0.2) is 4.47 Å². The van der Waals surface area contributed by atoms with Gasteiger partial charge in [0.25, 0.3) is 0 Å². The third-order valence-electron chi connectivity index (χ3n) is 6.14. The molecule has 4 atom stereocenters. The number of fused-ring (bicyclic) bond motifs is 5. The SMILES string of the molecule is CCc1nn(CC)c(CC(=O)C2C3C4CCC(C4)C23)c1Br. The van der Waals surface area contributed by atoms with Crippen LogP contribution in [-0.4, -0.2) is 15.6 Å². The smallest absolute Gasteiger partial charge is 0.142 e. The molecule has 3 aliphatic rings. The van der Waals surface area contributed by atoms with E-state index in [1.807, 2.05) is 4.68 Å². The zero-order chi connectivity index (χ0) is 14.7. The van der Waals surface area contributed by atoms with Gasteiger partial charge >= 0.3 is 0 Å². The van der Waals surface area contributed by atoms with Gasteiger partial charge in [0.1, 0.15) is 5.78 Å². The maximum absolute atomic E-state index is 12.8. The van der Waals surface area contributed by atoms with Gasteiger partial charge in [0.2, 0.25) is 0 Å². The van der Waals surface area contributed by atoms with E-state index >= 15 is 0 Å². The molecule has 0 N–H and O–H groups in total. The summed E-state index contributed by atoms with van der Waals surface area (Å²) in [5.74, 6) is 4.10. The monoisotopic (exact) mass is 350 g/mol. The van der Waals surface area contributed by atoms with Crippen molar-refractivity contribution in [2.45, 2.75) is 52.5 Å². The van der Waals surface area contributed by atoms with Crippen molar-refractivity contribution in [3.05, 3.63) is 15.9 Å². The van der Waals surface area contributed by atoms with Crippen LogP contribution in [0.25, 0.3) is 0 Å². The number of Topliss-reactive ketones (excluding diaryl/α,β-unsaturated/α-hetero) is 1. The first-order valence-electron chi connectivity index (χ1n) is 8.42. The lowest BCUT2D eigenvalue weighted by Crippen LogP contribution is -2.15. The van der Waals surface area contributed by atoms with Crippen LogP contribution in [0, 0.1) is 29.6 Å². The van der Waals surface area contributed by atoms with Crippen LogP contribution in [0.2, 0.25) is 0 Å². The minimum atomic E-state index is 0.383. The molecule has 1 aromatic rings. The summed E-state index contributed by atoms with van der Waals surface area (Å²) >= 11 is 3.66. The molecule has 1 aromatic heterocycles. The van der Waals surface area contributed by atoms with Crippen molar-refractivity contribution in [3.8, 4) is 0 Å². The summed E-state index contributed by atoms with van der Waals surface area (Å²) in [6.45, 7) is 5.05. The van der Waals surface area contributed by atoms with Crippen LogP contribution in [0.5, 0.6) is 0 Å². The molecule has 0 aliphatic heterocycles. The van der Waals surface area contributed by atoms with Crippen LogP contribution in [0.4, 0.5) is 0 Å². The summed E-state index contributed by atoms with van der Waals surface area (Å²) in [6.07, 6.45) is 5.65. The number of aromatic nitrogens is 2. The van der Waals surface area contributed by atoms with E-state index in [4.69, 9.17) is 0 Å². The molecule has 0 spiro atoms. The Hall–Kier alpha value is -0.640. The molecule has 0 aromatic carbocycles. The highest BCUT2D eigenvalue weighted by atomic mass is 79.9. The van der Waals surface area contributed by atoms with Crippen LogP contribution in [0.3, 0.4) is 0 Å². The fourth-order valence-electron chi connectivity index (χ4n) is 5.22. The van der Waals surface area contributed by atoms with Gasteiger partial charge in [-0.05, 0) is 72.2 Å². The van der Waals surface area contributed by atoms with E-state index in [1.54, 1.807) is 0 Å². The quantitative estimate of drug-likeness (QED) is 0.812. The fraction of sp³-hybridized carbons (Fsp3) is 0.765. The summed E-state index contributed by atoms with van der Waals surface area (Å²) in [5.41, 5.74) is 2.17. The van der Waals surface area contributed by atoms with Gasteiger partial charge in [0, 0.05) is 18.9 Å². The number of ketones is 1. The average Bonchev–Trinajstić information content (AvgIpc) is 2.78. The number of hydrogen-bond donors (Lipinski definition) is 0. The van der Waals surface area contributed by atoms with E-state index in [0.29, 0.717) is 18.1 Å². The van der Waals surface area contributed by atoms with Gasteiger partial charge in [-0.15, -0.1) is 0 Å². The van der Waals surface area contributed by atoms with E-state index in [9.17, 15) is 4.79 Å². The van der Waals surface area contributed by atoms with Gasteiger partial charge in [-0.1, -0.05) is 6.92 Å². The molecule has 3 fully saturated rings. The zero-order valence-electron chi connectivity index (χ0n) is 12.8. The topological polar surface area (TPSA) is 34.9 Å². The standard InChI is InChI=1S/C17H23BrN2O/c1-3-11-17(18)12(20(4-2)19-11)8-13(21)16-14-9-5-6-10(7-9)15(14)16/h9-10,14-16H,3-8H2,1-2H3. The maximum Gasteiger partial charge on any atom is 0.142 e. The van der Waals surface area contributed by atoms with Gasteiger partial charge in [0.15, 0.2) is 0 Å². The van der Waals surface area contributed by atoms with Gasteiger partial charge in [0.05, 0.1) is 15.9 Å². The zero-order valence-corrected chi connectivity index (χ0v) is 14.4. The predicted molar refractivity (Wildman–Crippen MR) is 85.0 cm³/mol. The molecule has 2 bridgehead atoms. The first-order valence-corrected chi connectivity index (χ1v) is 9.21. The Balaban J connectivity index is 1.52. The predicted octanol–water partition coefficient (Wildman–Crippen LogP) is 3.63. The molecular weight excluding hydrogens is 328 g/mol. The van der Waals surface area contributed by atoms with E-state index in [2.05, 4.69) is 34.9 Å². The Kier molecular flexibility index (Phi) is 3.29. The third kappa shape index (κ3) is 1.97. The normalized spacial score (nSPS) is 36.0. The second kappa shape index (κ2) is 4.94. The number of aryl methyl sites for hydroxylation is 2. The van der Waals surface area contributed by atoms with Crippen molar-refractivity contribution < 1.29 is 4.79 Å². The van der Waals surface area contributed by atoms with E-state index in [-0.39, 0.29) is 0 Å². The molecule has 3 aliphatic carbocycles. The van der Waals surface area contributed by atoms with Gasteiger partial charge in [-0.25, -0.2) is 0 Å².